The first-order valence-electron chi connectivity index (χ1n) is 4.98. The average Bonchev–Trinajstić information content (AvgIpc) is 2.74. The topological polar surface area (TPSA) is 67.3 Å². The highest BCUT2D eigenvalue weighted by Gasteiger charge is 2.06. The zero-order chi connectivity index (χ0) is 10.8. The second-order valence-corrected chi connectivity index (χ2v) is 3.46. The van der Waals surface area contributed by atoms with Gasteiger partial charge in [-0.1, -0.05) is 18.2 Å². The highest BCUT2D eigenvalue weighted by molar-refractivity contribution is 5.81. The van der Waals surface area contributed by atoms with Gasteiger partial charge in [0.25, 0.3) is 0 Å². The Kier molecular flexibility index (Phi) is 2.07. The number of para-hydroxylation sites is 1. The van der Waals surface area contributed by atoms with E-state index < -0.39 is 0 Å². The van der Waals surface area contributed by atoms with Crippen LogP contribution in [0.4, 0.5) is 0 Å². The molecule has 0 saturated heterocycles. The molecule has 0 bridgehead atoms. The predicted octanol–water partition coefficient (Wildman–Crippen LogP) is 1.34. The maximum Gasteiger partial charge on any atom is 0.156 e. The van der Waals surface area contributed by atoms with Crippen molar-refractivity contribution < 1.29 is 0 Å². The van der Waals surface area contributed by atoms with Crippen LogP contribution in [0.2, 0.25) is 0 Å². The van der Waals surface area contributed by atoms with E-state index in [-0.39, 0.29) is 0 Å². The number of rotatable bonds is 2. The molecule has 0 amide bonds. The molecule has 2 aromatic heterocycles. The molecule has 0 atom stereocenters. The fourth-order valence-electron chi connectivity index (χ4n) is 1.66. The molecule has 1 aromatic carbocycles. The van der Waals surface area contributed by atoms with Gasteiger partial charge in [-0.15, -0.1) is 5.10 Å². The van der Waals surface area contributed by atoms with E-state index in [2.05, 4.69) is 25.4 Å². The highest BCUT2D eigenvalue weighted by atomic mass is 15.1. The summed E-state index contributed by atoms with van der Waals surface area (Å²) in [6.45, 7) is 0. The van der Waals surface area contributed by atoms with Crippen LogP contribution in [0.15, 0.2) is 36.7 Å². The number of hydrogen-bond donors (Lipinski definition) is 1. The summed E-state index contributed by atoms with van der Waals surface area (Å²) < 4.78 is 0. The van der Waals surface area contributed by atoms with Crippen LogP contribution in [0.1, 0.15) is 11.5 Å². The summed E-state index contributed by atoms with van der Waals surface area (Å²) in [4.78, 5) is 4.14. The Labute approximate surface area is 91.6 Å². The molecule has 3 aromatic rings. The van der Waals surface area contributed by atoms with Crippen LogP contribution in [-0.2, 0) is 6.42 Å². The van der Waals surface area contributed by atoms with E-state index in [0.29, 0.717) is 12.2 Å². The summed E-state index contributed by atoms with van der Waals surface area (Å²) in [6, 6.07) is 7.96. The van der Waals surface area contributed by atoms with Gasteiger partial charge in [0, 0.05) is 11.6 Å². The van der Waals surface area contributed by atoms with E-state index in [1.54, 1.807) is 12.4 Å². The molecule has 3 rings (SSSR count). The van der Waals surface area contributed by atoms with E-state index in [4.69, 9.17) is 0 Å². The first-order valence-corrected chi connectivity index (χ1v) is 4.98. The number of nitrogens with one attached hydrogen (secondary N) is 1. The molecule has 5 nitrogen and oxygen atoms in total. The number of hydrogen-bond acceptors (Lipinski definition) is 4. The number of H-pyrrole nitrogens is 1. The highest BCUT2D eigenvalue weighted by Crippen LogP contribution is 2.16. The minimum Gasteiger partial charge on any atom is -0.281 e. The van der Waals surface area contributed by atoms with Crippen molar-refractivity contribution in [1.29, 1.82) is 0 Å². The summed E-state index contributed by atoms with van der Waals surface area (Å²) in [5.74, 6) is 0.692. The molecule has 0 radical (unpaired) electrons. The lowest BCUT2D eigenvalue weighted by molar-refractivity contribution is 0.847. The van der Waals surface area contributed by atoms with E-state index in [9.17, 15) is 0 Å². The number of fused-ring (bicyclic) bond motifs is 1. The third-order valence-corrected chi connectivity index (χ3v) is 2.41. The van der Waals surface area contributed by atoms with E-state index in [1.165, 1.54) is 0 Å². The molecule has 0 aliphatic carbocycles. The Bertz CT molecular complexity index is 602. The molecular weight excluding hydrogens is 202 g/mol. The first kappa shape index (κ1) is 8.96. The minimum atomic E-state index is 0.619. The molecule has 78 valence electrons. The molecule has 0 fully saturated rings. The van der Waals surface area contributed by atoms with E-state index in [1.807, 2.05) is 24.3 Å². The molecule has 1 N–H and O–H groups in total. The van der Waals surface area contributed by atoms with Crippen molar-refractivity contribution in [1.82, 2.24) is 25.4 Å². The lowest BCUT2D eigenvalue weighted by Gasteiger charge is -1.95. The van der Waals surface area contributed by atoms with Crippen LogP contribution in [-0.4, -0.2) is 25.4 Å². The van der Waals surface area contributed by atoms with Crippen molar-refractivity contribution in [3.8, 4) is 0 Å². The monoisotopic (exact) mass is 211 g/mol. The summed E-state index contributed by atoms with van der Waals surface area (Å²) in [5.41, 5.74) is 1.98. The fraction of sp³-hybridized carbons (Fsp3) is 0.0909. The Morgan fingerprint density at radius 3 is 2.94 bits per heavy atom. The molecule has 5 heteroatoms. The van der Waals surface area contributed by atoms with Crippen LogP contribution in [0.25, 0.3) is 10.9 Å². The molecule has 0 aliphatic heterocycles. The Hall–Kier alpha value is -2.30. The zero-order valence-corrected chi connectivity index (χ0v) is 8.46. The molecular formula is C11H9N5. The van der Waals surface area contributed by atoms with Crippen LogP contribution in [0.3, 0.4) is 0 Å². The van der Waals surface area contributed by atoms with Gasteiger partial charge in [0.2, 0.25) is 0 Å². The largest absolute Gasteiger partial charge is 0.281 e. The summed E-state index contributed by atoms with van der Waals surface area (Å²) >= 11 is 0. The van der Waals surface area contributed by atoms with E-state index >= 15 is 0 Å². The summed E-state index contributed by atoms with van der Waals surface area (Å²) in [6.07, 6.45) is 3.82. The molecule has 0 spiro atoms. The normalized spacial score (nSPS) is 10.8. The Morgan fingerprint density at radius 1 is 1.12 bits per heavy atom. The SMILES string of the molecule is c1ccc2c(Cc3nccnn3)[nH]nc2c1. The Balaban J connectivity index is 2.01. The van der Waals surface area contributed by atoms with E-state index in [0.717, 1.165) is 16.6 Å². The fourth-order valence-corrected chi connectivity index (χ4v) is 1.66. The Morgan fingerprint density at radius 2 is 2.06 bits per heavy atom. The van der Waals surface area contributed by atoms with Gasteiger partial charge in [0.1, 0.15) is 0 Å². The maximum absolute atomic E-state index is 4.21. The zero-order valence-electron chi connectivity index (χ0n) is 8.46. The van der Waals surface area contributed by atoms with Gasteiger partial charge in [-0.25, -0.2) is 4.98 Å². The van der Waals surface area contributed by atoms with Gasteiger partial charge in [-0.05, 0) is 6.07 Å². The van der Waals surface area contributed by atoms with Gasteiger partial charge in [0.05, 0.1) is 23.8 Å². The van der Waals surface area contributed by atoms with Crippen molar-refractivity contribution in [2.45, 2.75) is 6.42 Å². The van der Waals surface area contributed by atoms with Crippen molar-refractivity contribution >= 4 is 10.9 Å². The second-order valence-electron chi connectivity index (χ2n) is 3.46. The lowest BCUT2D eigenvalue weighted by Crippen LogP contribution is -1.97. The average molecular weight is 211 g/mol. The molecule has 0 saturated carbocycles. The predicted molar refractivity (Wildman–Crippen MR) is 58.7 cm³/mol. The number of aromatic amines is 1. The van der Waals surface area contributed by atoms with Gasteiger partial charge >= 0.3 is 0 Å². The van der Waals surface area contributed by atoms with Gasteiger partial charge < -0.3 is 0 Å². The molecule has 0 unspecified atom stereocenters. The van der Waals surface area contributed by atoms with Crippen LogP contribution < -0.4 is 0 Å². The third kappa shape index (κ3) is 1.52. The van der Waals surface area contributed by atoms with Crippen molar-refractivity contribution in [3.05, 3.63) is 48.2 Å². The maximum atomic E-state index is 4.21. The standard InChI is InChI=1S/C11H9N5/c1-2-4-9-8(3-1)10(15-14-9)7-11-12-5-6-13-16-11/h1-6H,7H2,(H,14,15). The van der Waals surface area contributed by atoms with Gasteiger partial charge in [-0.2, -0.15) is 10.2 Å². The van der Waals surface area contributed by atoms with Crippen molar-refractivity contribution in [2.24, 2.45) is 0 Å². The van der Waals surface area contributed by atoms with Gasteiger partial charge in [-0.3, -0.25) is 5.10 Å². The third-order valence-electron chi connectivity index (χ3n) is 2.41. The van der Waals surface area contributed by atoms with Crippen LogP contribution in [0, 0.1) is 0 Å². The quantitative estimate of drug-likeness (QED) is 0.694. The summed E-state index contributed by atoms with van der Waals surface area (Å²) in [7, 11) is 0. The lowest BCUT2D eigenvalue weighted by atomic mass is 10.1. The molecule has 0 aliphatic rings. The van der Waals surface area contributed by atoms with Crippen molar-refractivity contribution in [2.75, 3.05) is 0 Å². The summed E-state index contributed by atoms with van der Waals surface area (Å²) in [5, 5.41) is 16.1. The first-order chi connectivity index (χ1) is 7.93. The number of aromatic nitrogens is 5. The van der Waals surface area contributed by atoms with Gasteiger partial charge in [0.15, 0.2) is 5.82 Å². The smallest absolute Gasteiger partial charge is 0.156 e. The molecule has 2 heterocycles. The van der Waals surface area contributed by atoms with Crippen LogP contribution in [0.5, 0.6) is 0 Å². The number of benzene rings is 1. The van der Waals surface area contributed by atoms with Crippen molar-refractivity contribution in [3.63, 3.8) is 0 Å². The second kappa shape index (κ2) is 3.69. The minimum absolute atomic E-state index is 0.619. The molecule has 16 heavy (non-hydrogen) atoms. The van der Waals surface area contributed by atoms with Crippen LogP contribution >= 0.6 is 0 Å². The number of nitrogens with zero attached hydrogens (tertiary/aromatic N) is 4.